The first kappa shape index (κ1) is 23.6. The molecule has 0 aromatic heterocycles. The summed E-state index contributed by atoms with van der Waals surface area (Å²) in [5.41, 5.74) is 2.19. The third-order valence-corrected chi connectivity index (χ3v) is 6.39. The van der Waals surface area contributed by atoms with Gasteiger partial charge in [0.15, 0.2) is 11.5 Å². The summed E-state index contributed by atoms with van der Waals surface area (Å²) in [7, 11) is 3.06. The average Bonchev–Trinajstić information content (AvgIpc) is 3.12. The summed E-state index contributed by atoms with van der Waals surface area (Å²) in [4.78, 5) is 27.9. The monoisotopic (exact) mass is 521 g/mol. The van der Waals surface area contributed by atoms with Gasteiger partial charge in [0.1, 0.15) is 5.76 Å². The van der Waals surface area contributed by atoms with Crippen molar-refractivity contribution in [1.82, 2.24) is 4.90 Å². The van der Waals surface area contributed by atoms with Crippen LogP contribution >= 0.6 is 15.9 Å². The van der Waals surface area contributed by atoms with Crippen molar-refractivity contribution in [2.75, 3.05) is 20.8 Å². The van der Waals surface area contributed by atoms with Gasteiger partial charge in [-0.1, -0.05) is 64.5 Å². The number of Topliss-reactive ketones (excluding diaryl/α,β-unsaturated/α-hetero) is 1. The van der Waals surface area contributed by atoms with Crippen LogP contribution < -0.4 is 9.47 Å². The van der Waals surface area contributed by atoms with E-state index < -0.39 is 17.7 Å². The maximum Gasteiger partial charge on any atom is 0.295 e. The van der Waals surface area contributed by atoms with Crippen LogP contribution in [0.5, 0.6) is 11.5 Å². The molecule has 0 radical (unpaired) electrons. The smallest absolute Gasteiger partial charge is 0.295 e. The maximum atomic E-state index is 13.2. The molecule has 34 heavy (non-hydrogen) atoms. The second-order valence-electron chi connectivity index (χ2n) is 7.85. The molecule has 1 atom stereocenters. The van der Waals surface area contributed by atoms with Gasteiger partial charge in [-0.15, -0.1) is 0 Å². The van der Waals surface area contributed by atoms with Crippen molar-refractivity contribution in [3.63, 3.8) is 0 Å². The van der Waals surface area contributed by atoms with Crippen molar-refractivity contribution in [3.8, 4) is 11.5 Å². The fraction of sp³-hybridized carbons (Fsp3) is 0.185. The lowest BCUT2D eigenvalue weighted by Crippen LogP contribution is -2.31. The molecule has 6 nitrogen and oxygen atoms in total. The number of aliphatic hydroxyl groups is 1. The Morgan fingerprint density at radius 1 is 0.941 bits per heavy atom. The standard InChI is InChI=1S/C27H24BrNO5/c1-33-21-13-10-19(16-22(21)34-2)24-23(25(30)18-8-11-20(28)12-9-18)26(31)27(32)29(24)15-14-17-6-4-3-5-7-17/h3-13,16,24,30H,14-15H2,1-2H3/t24-/m1/s1. The lowest BCUT2D eigenvalue weighted by Gasteiger charge is -2.26. The van der Waals surface area contributed by atoms with Gasteiger partial charge in [0.05, 0.1) is 25.8 Å². The molecular formula is C27H24BrNO5. The van der Waals surface area contributed by atoms with E-state index in [1.54, 1.807) is 42.5 Å². The molecule has 0 spiro atoms. The normalized spacial score (nSPS) is 17.1. The molecule has 4 rings (SSSR count). The Morgan fingerprint density at radius 2 is 1.62 bits per heavy atom. The van der Waals surface area contributed by atoms with E-state index in [1.165, 1.54) is 19.1 Å². The molecule has 174 valence electrons. The number of carbonyl (C=O) groups is 2. The van der Waals surface area contributed by atoms with Crippen molar-refractivity contribution in [2.45, 2.75) is 12.5 Å². The number of likely N-dealkylation sites (tertiary alicyclic amines) is 1. The molecule has 1 aliphatic rings. The van der Waals surface area contributed by atoms with Gasteiger partial charge < -0.3 is 19.5 Å². The highest BCUT2D eigenvalue weighted by Crippen LogP contribution is 2.42. The third kappa shape index (κ3) is 4.56. The summed E-state index contributed by atoms with van der Waals surface area (Å²) >= 11 is 3.38. The van der Waals surface area contributed by atoms with Crippen molar-refractivity contribution < 1.29 is 24.2 Å². The van der Waals surface area contributed by atoms with Crippen LogP contribution in [0.3, 0.4) is 0 Å². The van der Waals surface area contributed by atoms with Gasteiger partial charge in [0, 0.05) is 16.6 Å². The minimum Gasteiger partial charge on any atom is -0.507 e. The van der Waals surface area contributed by atoms with Gasteiger partial charge >= 0.3 is 0 Å². The number of rotatable bonds is 7. The van der Waals surface area contributed by atoms with Crippen molar-refractivity contribution in [1.29, 1.82) is 0 Å². The topological polar surface area (TPSA) is 76.1 Å². The fourth-order valence-electron chi connectivity index (χ4n) is 4.14. The molecule has 1 aliphatic heterocycles. The highest BCUT2D eigenvalue weighted by molar-refractivity contribution is 9.10. The van der Waals surface area contributed by atoms with E-state index in [2.05, 4.69) is 15.9 Å². The lowest BCUT2D eigenvalue weighted by molar-refractivity contribution is -0.139. The molecule has 0 unspecified atom stereocenters. The number of methoxy groups -OCH3 is 2. The number of ether oxygens (including phenoxy) is 2. The number of ketones is 1. The largest absolute Gasteiger partial charge is 0.507 e. The molecule has 1 amide bonds. The van der Waals surface area contributed by atoms with E-state index in [0.29, 0.717) is 35.6 Å². The molecule has 1 saturated heterocycles. The number of benzene rings is 3. The predicted molar refractivity (Wildman–Crippen MR) is 133 cm³/mol. The molecule has 1 heterocycles. The Morgan fingerprint density at radius 3 is 2.26 bits per heavy atom. The molecule has 0 aliphatic carbocycles. The average molecular weight is 522 g/mol. The van der Waals surface area contributed by atoms with Gasteiger partial charge in [0.25, 0.3) is 11.7 Å². The van der Waals surface area contributed by atoms with Crippen LogP contribution in [0.4, 0.5) is 0 Å². The second kappa shape index (κ2) is 10.1. The number of nitrogens with zero attached hydrogens (tertiary/aromatic N) is 1. The predicted octanol–water partition coefficient (Wildman–Crippen LogP) is 5.13. The first-order valence-corrected chi connectivity index (χ1v) is 11.5. The summed E-state index contributed by atoms with van der Waals surface area (Å²) in [6.07, 6.45) is 0.565. The Labute approximate surface area is 206 Å². The van der Waals surface area contributed by atoms with Gasteiger partial charge in [-0.2, -0.15) is 0 Å². The number of hydrogen-bond donors (Lipinski definition) is 1. The van der Waals surface area contributed by atoms with E-state index in [-0.39, 0.29) is 11.3 Å². The first-order valence-electron chi connectivity index (χ1n) is 10.7. The van der Waals surface area contributed by atoms with Gasteiger partial charge in [-0.3, -0.25) is 9.59 Å². The molecule has 1 N–H and O–H groups in total. The summed E-state index contributed by atoms with van der Waals surface area (Å²) in [5, 5.41) is 11.2. The van der Waals surface area contributed by atoms with Crippen LogP contribution in [0.1, 0.15) is 22.7 Å². The summed E-state index contributed by atoms with van der Waals surface area (Å²) in [6, 6.07) is 21.2. The minimum atomic E-state index is -0.771. The van der Waals surface area contributed by atoms with Crippen LogP contribution in [0.25, 0.3) is 5.76 Å². The zero-order chi connectivity index (χ0) is 24.2. The van der Waals surface area contributed by atoms with Crippen molar-refractivity contribution in [3.05, 3.63) is 99.5 Å². The summed E-state index contributed by atoms with van der Waals surface area (Å²) in [5.74, 6) is -0.576. The Bertz CT molecular complexity index is 1240. The second-order valence-corrected chi connectivity index (χ2v) is 8.77. The third-order valence-electron chi connectivity index (χ3n) is 5.87. The van der Waals surface area contributed by atoms with Crippen LogP contribution in [0, 0.1) is 0 Å². The van der Waals surface area contributed by atoms with Crippen LogP contribution in [0.15, 0.2) is 82.8 Å². The SMILES string of the molecule is COc1ccc([C@@H]2C(=C(O)c3ccc(Br)cc3)C(=O)C(=O)N2CCc2ccccc2)cc1OC. The Balaban J connectivity index is 1.82. The lowest BCUT2D eigenvalue weighted by atomic mass is 9.95. The number of halogens is 1. The number of hydrogen-bond acceptors (Lipinski definition) is 5. The molecule has 3 aromatic rings. The van der Waals surface area contributed by atoms with Gasteiger partial charge in [0.2, 0.25) is 0 Å². The van der Waals surface area contributed by atoms with Crippen LogP contribution in [0.2, 0.25) is 0 Å². The Kier molecular flexibility index (Phi) is 7.03. The van der Waals surface area contributed by atoms with E-state index >= 15 is 0 Å². The first-order chi connectivity index (χ1) is 16.4. The number of amides is 1. The van der Waals surface area contributed by atoms with E-state index in [9.17, 15) is 14.7 Å². The summed E-state index contributed by atoms with van der Waals surface area (Å²) < 4.78 is 11.6. The van der Waals surface area contributed by atoms with Crippen molar-refractivity contribution in [2.24, 2.45) is 0 Å². The molecule has 0 saturated carbocycles. The molecule has 3 aromatic carbocycles. The van der Waals surface area contributed by atoms with Gasteiger partial charge in [-0.05, 0) is 41.8 Å². The molecule has 1 fully saturated rings. The summed E-state index contributed by atoms with van der Waals surface area (Å²) in [6.45, 7) is 0.310. The molecular weight excluding hydrogens is 498 g/mol. The van der Waals surface area contributed by atoms with E-state index in [0.717, 1.165) is 10.0 Å². The van der Waals surface area contributed by atoms with E-state index in [1.807, 2.05) is 30.3 Å². The number of aliphatic hydroxyl groups excluding tert-OH is 1. The quantitative estimate of drug-likeness (QED) is 0.265. The Hall–Kier alpha value is -3.58. The maximum absolute atomic E-state index is 13.2. The fourth-order valence-corrected chi connectivity index (χ4v) is 4.40. The molecule has 7 heteroatoms. The van der Waals surface area contributed by atoms with Gasteiger partial charge in [-0.25, -0.2) is 0 Å². The number of carbonyl (C=O) groups excluding carboxylic acids is 2. The van der Waals surface area contributed by atoms with E-state index in [4.69, 9.17) is 9.47 Å². The highest BCUT2D eigenvalue weighted by atomic mass is 79.9. The van der Waals surface area contributed by atoms with Crippen LogP contribution in [-0.4, -0.2) is 42.5 Å². The zero-order valence-corrected chi connectivity index (χ0v) is 20.4. The zero-order valence-electron chi connectivity index (χ0n) is 18.8. The molecule has 0 bridgehead atoms. The van der Waals surface area contributed by atoms with Crippen molar-refractivity contribution >= 4 is 33.4 Å². The van der Waals surface area contributed by atoms with Crippen LogP contribution in [-0.2, 0) is 16.0 Å². The highest BCUT2D eigenvalue weighted by Gasteiger charge is 2.46. The minimum absolute atomic E-state index is 0.0487.